The third-order valence-corrected chi connectivity index (χ3v) is 5.99. The molecule has 0 radical (unpaired) electrons. The van der Waals surface area contributed by atoms with Crippen LogP contribution in [0.4, 0.5) is 0 Å². The van der Waals surface area contributed by atoms with Gasteiger partial charge in [0.2, 0.25) is 0 Å². The maximum Gasteiger partial charge on any atom is 0.0214 e. The molecule has 0 aromatic heterocycles. The van der Waals surface area contributed by atoms with Crippen molar-refractivity contribution >= 4 is 0 Å². The summed E-state index contributed by atoms with van der Waals surface area (Å²) < 4.78 is 0. The van der Waals surface area contributed by atoms with Crippen molar-refractivity contribution in [2.75, 3.05) is 27.2 Å². The van der Waals surface area contributed by atoms with E-state index in [2.05, 4.69) is 24.3 Å². The van der Waals surface area contributed by atoms with Crippen LogP contribution in [-0.2, 0) is 0 Å². The van der Waals surface area contributed by atoms with Crippen LogP contribution < -0.4 is 5.32 Å². The van der Waals surface area contributed by atoms with E-state index in [0.29, 0.717) is 5.54 Å². The zero-order valence-corrected chi connectivity index (χ0v) is 12.3. The SMILES string of the molecule is CNCCCCN(C)C12CC3CC(CC(C3)C1)C2. The number of rotatable bonds is 6. The summed E-state index contributed by atoms with van der Waals surface area (Å²) in [5, 5.41) is 3.26. The fraction of sp³-hybridized carbons (Fsp3) is 1.00. The quantitative estimate of drug-likeness (QED) is 0.729. The molecule has 0 spiro atoms. The Balaban J connectivity index is 1.57. The van der Waals surface area contributed by atoms with Crippen LogP contribution in [0.5, 0.6) is 0 Å². The van der Waals surface area contributed by atoms with Gasteiger partial charge in [-0.2, -0.15) is 0 Å². The van der Waals surface area contributed by atoms with Crippen molar-refractivity contribution in [3.63, 3.8) is 0 Å². The van der Waals surface area contributed by atoms with Crippen LogP contribution in [0.2, 0.25) is 0 Å². The molecule has 0 aromatic rings. The lowest BCUT2D eigenvalue weighted by molar-refractivity contribution is -0.0792. The maximum absolute atomic E-state index is 3.26. The van der Waals surface area contributed by atoms with Crippen LogP contribution in [0.1, 0.15) is 51.4 Å². The standard InChI is InChI=1S/C16H30N2/c1-17-5-3-4-6-18(2)16-10-13-7-14(11-16)9-15(8-13)12-16/h13-15,17H,3-12H2,1-2H3. The molecule has 18 heavy (non-hydrogen) atoms. The summed E-state index contributed by atoms with van der Waals surface area (Å²) in [6.45, 7) is 2.49. The third kappa shape index (κ3) is 2.34. The number of hydrogen-bond donors (Lipinski definition) is 1. The molecule has 104 valence electrons. The van der Waals surface area contributed by atoms with Gasteiger partial charge in [-0.25, -0.2) is 0 Å². The van der Waals surface area contributed by atoms with Crippen molar-refractivity contribution in [3.8, 4) is 0 Å². The van der Waals surface area contributed by atoms with Gasteiger partial charge in [-0.15, -0.1) is 0 Å². The van der Waals surface area contributed by atoms with Gasteiger partial charge in [0, 0.05) is 5.54 Å². The molecular weight excluding hydrogens is 220 g/mol. The first-order chi connectivity index (χ1) is 8.72. The second-order valence-electron chi connectivity index (χ2n) is 7.37. The Labute approximate surface area is 113 Å². The van der Waals surface area contributed by atoms with Crippen LogP contribution in [0.25, 0.3) is 0 Å². The predicted molar refractivity (Wildman–Crippen MR) is 76.7 cm³/mol. The van der Waals surface area contributed by atoms with E-state index in [1.807, 2.05) is 0 Å². The summed E-state index contributed by atoms with van der Waals surface area (Å²) in [7, 11) is 4.47. The number of unbranched alkanes of at least 4 members (excludes halogenated alkanes) is 1. The zero-order chi connectivity index (χ0) is 12.6. The summed E-state index contributed by atoms with van der Waals surface area (Å²) in [6.07, 6.45) is 11.9. The Bertz CT molecular complexity index is 252. The molecule has 4 bridgehead atoms. The highest BCUT2D eigenvalue weighted by molar-refractivity contribution is 5.06. The number of nitrogens with one attached hydrogen (secondary N) is 1. The maximum atomic E-state index is 3.26. The molecule has 2 heteroatoms. The van der Waals surface area contributed by atoms with Crippen LogP contribution in [0.3, 0.4) is 0 Å². The first-order valence-corrected chi connectivity index (χ1v) is 8.08. The molecule has 0 amide bonds. The molecule has 0 unspecified atom stereocenters. The average molecular weight is 250 g/mol. The molecule has 0 aromatic carbocycles. The van der Waals surface area contributed by atoms with E-state index in [9.17, 15) is 0 Å². The highest BCUT2D eigenvalue weighted by Gasteiger charge is 2.52. The highest BCUT2D eigenvalue weighted by atomic mass is 15.2. The van der Waals surface area contributed by atoms with Gasteiger partial charge in [0.25, 0.3) is 0 Å². The Hall–Kier alpha value is -0.0800. The molecular formula is C16H30N2. The smallest absolute Gasteiger partial charge is 0.0214 e. The van der Waals surface area contributed by atoms with Crippen molar-refractivity contribution < 1.29 is 0 Å². The third-order valence-electron chi connectivity index (χ3n) is 5.99. The molecule has 4 rings (SSSR count). The Morgan fingerprint density at radius 3 is 2.06 bits per heavy atom. The summed E-state index contributed by atoms with van der Waals surface area (Å²) in [5.74, 6) is 3.24. The second kappa shape index (κ2) is 5.13. The Morgan fingerprint density at radius 1 is 1.00 bits per heavy atom. The van der Waals surface area contributed by atoms with Gasteiger partial charge in [0.15, 0.2) is 0 Å². The van der Waals surface area contributed by atoms with Crippen molar-refractivity contribution in [3.05, 3.63) is 0 Å². The molecule has 4 saturated carbocycles. The lowest BCUT2D eigenvalue weighted by atomic mass is 9.52. The molecule has 4 aliphatic carbocycles. The van der Waals surface area contributed by atoms with Crippen LogP contribution in [-0.4, -0.2) is 37.6 Å². The van der Waals surface area contributed by atoms with Gasteiger partial charge in [-0.05, 0) is 96.3 Å². The fourth-order valence-corrected chi connectivity index (χ4v) is 5.42. The molecule has 4 aliphatic rings. The molecule has 1 N–H and O–H groups in total. The topological polar surface area (TPSA) is 15.3 Å². The summed E-state index contributed by atoms with van der Waals surface area (Å²) in [4.78, 5) is 2.76. The number of hydrogen-bond acceptors (Lipinski definition) is 2. The molecule has 0 atom stereocenters. The van der Waals surface area contributed by atoms with E-state index in [0.717, 1.165) is 17.8 Å². The van der Waals surface area contributed by atoms with Gasteiger partial charge < -0.3 is 10.2 Å². The van der Waals surface area contributed by atoms with E-state index in [1.54, 1.807) is 19.3 Å². The minimum Gasteiger partial charge on any atom is -0.320 e. The van der Waals surface area contributed by atoms with Crippen molar-refractivity contribution in [2.24, 2.45) is 17.8 Å². The molecule has 4 fully saturated rings. The summed E-state index contributed by atoms with van der Waals surface area (Å²) in [5.41, 5.74) is 0.619. The van der Waals surface area contributed by atoms with Gasteiger partial charge in [-0.1, -0.05) is 0 Å². The molecule has 2 nitrogen and oxygen atoms in total. The average Bonchev–Trinajstić information content (AvgIpc) is 2.32. The van der Waals surface area contributed by atoms with Gasteiger partial charge in [0.05, 0.1) is 0 Å². The van der Waals surface area contributed by atoms with Crippen LogP contribution in [0, 0.1) is 17.8 Å². The Morgan fingerprint density at radius 2 is 1.56 bits per heavy atom. The van der Waals surface area contributed by atoms with E-state index in [4.69, 9.17) is 0 Å². The van der Waals surface area contributed by atoms with Crippen LogP contribution >= 0.6 is 0 Å². The van der Waals surface area contributed by atoms with E-state index in [-0.39, 0.29) is 0 Å². The van der Waals surface area contributed by atoms with E-state index in [1.165, 1.54) is 45.2 Å². The molecule has 0 aliphatic heterocycles. The zero-order valence-electron chi connectivity index (χ0n) is 12.3. The first-order valence-electron chi connectivity index (χ1n) is 8.08. The Kier molecular flexibility index (Phi) is 3.68. The molecule has 0 saturated heterocycles. The highest BCUT2D eigenvalue weighted by Crippen LogP contribution is 2.57. The monoisotopic (exact) mass is 250 g/mol. The minimum absolute atomic E-state index is 0.619. The summed E-state index contributed by atoms with van der Waals surface area (Å²) in [6, 6.07) is 0. The lowest BCUT2D eigenvalue weighted by Gasteiger charge is -2.60. The van der Waals surface area contributed by atoms with Gasteiger partial charge in [0.1, 0.15) is 0 Å². The normalized spacial score (nSPS) is 41.8. The van der Waals surface area contributed by atoms with Crippen molar-refractivity contribution in [2.45, 2.75) is 56.9 Å². The largest absolute Gasteiger partial charge is 0.320 e. The van der Waals surface area contributed by atoms with Gasteiger partial charge in [-0.3, -0.25) is 0 Å². The first kappa shape index (κ1) is 12.9. The van der Waals surface area contributed by atoms with Crippen molar-refractivity contribution in [1.29, 1.82) is 0 Å². The lowest BCUT2D eigenvalue weighted by Crippen LogP contribution is -2.58. The molecule has 0 heterocycles. The predicted octanol–water partition coefficient (Wildman–Crippen LogP) is 2.89. The van der Waals surface area contributed by atoms with Crippen molar-refractivity contribution in [1.82, 2.24) is 10.2 Å². The number of nitrogens with zero attached hydrogens (tertiary/aromatic N) is 1. The van der Waals surface area contributed by atoms with Crippen LogP contribution in [0.15, 0.2) is 0 Å². The summed E-state index contributed by atoms with van der Waals surface area (Å²) >= 11 is 0. The van der Waals surface area contributed by atoms with E-state index >= 15 is 0 Å². The van der Waals surface area contributed by atoms with Gasteiger partial charge >= 0.3 is 0 Å². The minimum atomic E-state index is 0.619. The van der Waals surface area contributed by atoms with E-state index < -0.39 is 0 Å². The second-order valence-corrected chi connectivity index (χ2v) is 7.37. The fourth-order valence-electron chi connectivity index (χ4n) is 5.42.